The standard InChI is InChI=1S/C12H19N3O2S2/c1-4-19(16,17)11-10(14)9(7-13)18-12(11)15-6-5-8(2)3/h8,15H,4-6,14H2,1-3H3. The van der Waals surface area contributed by atoms with Gasteiger partial charge in [-0.1, -0.05) is 20.8 Å². The summed E-state index contributed by atoms with van der Waals surface area (Å²) in [4.78, 5) is 0.333. The number of nitrogen functional groups attached to an aromatic ring is 1. The van der Waals surface area contributed by atoms with Crippen molar-refractivity contribution < 1.29 is 8.42 Å². The first-order valence-corrected chi connectivity index (χ1v) is 8.59. The fourth-order valence-corrected chi connectivity index (χ4v) is 4.05. The average molecular weight is 301 g/mol. The minimum Gasteiger partial charge on any atom is -0.396 e. The van der Waals surface area contributed by atoms with Crippen molar-refractivity contribution in [2.24, 2.45) is 5.92 Å². The van der Waals surface area contributed by atoms with Crippen LogP contribution in [0.25, 0.3) is 0 Å². The molecule has 1 heterocycles. The number of nitriles is 1. The topological polar surface area (TPSA) is 96.0 Å². The smallest absolute Gasteiger partial charge is 0.183 e. The lowest BCUT2D eigenvalue weighted by molar-refractivity contribution is 0.597. The summed E-state index contributed by atoms with van der Waals surface area (Å²) in [5.41, 5.74) is 5.85. The first kappa shape index (κ1) is 15.8. The second-order valence-corrected chi connectivity index (χ2v) is 7.86. The van der Waals surface area contributed by atoms with Crippen LogP contribution in [-0.4, -0.2) is 20.7 Å². The van der Waals surface area contributed by atoms with Gasteiger partial charge in [-0.05, 0) is 12.3 Å². The maximum absolute atomic E-state index is 12.0. The Bertz CT molecular complexity index is 583. The first-order valence-electron chi connectivity index (χ1n) is 6.12. The fourth-order valence-electron chi connectivity index (χ4n) is 1.56. The van der Waals surface area contributed by atoms with Gasteiger partial charge in [-0.25, -0.2) is 8.42 Å². The number of nitrogens with one attached hydrogen (secondary N) is 1. The summed E-state index contributed by atoms with van der Waals surface area (Å²) in [6.45, 7) is 6.41. The van der Waals surface area contributed by atoms with E-state index in [1.807, 2.05) is 6.07 Å². The van der Waals surface area contributed by atoms with E-state index < -0.39 is 9.84 Å². The minimum atomic E-state index is -3.43. The van der Waals surface area contributed by atoms with Crippen LogP contribution in [0.5, 0.6) is 0 Å². The van der Waals surface area contributed by atoms with Crippen LogP contribution in [0, 0.1) is 17.2 Å². The van der Waals surface area contributed by atoms with Crippen LogP contribution in [0.3, 0.4) is 0 Å². The van der Waals surface area contributed by atoms with Gasteiger partial charge in [-0.15, -0.1) is 11.3 Å². The lowest BCUT2D eigenvalue weighted by Gasteiger charge is -2.09. The molecule has 0 saturated heterocycles. The number of nitrogens with two attached hydrogens (primary N) is 1. The van der Waals surface area contributed by atoms with Gasteiger partial charge in [0.1, 0.15) is 20.8 Å². The maximum Gasteiger partial charge on any atom is 0.183 e. The number of anilines is 2. The summed E-state index contributed by atoms with van der Waals surface area (Å²) in [6, 6.07) is 1.94. The van der Waals surface area contributed by atoms with E-state index in [1.165, 1.54) is 0 Å². The van der Waals surface area contributed by atoms with E-state index in [2.05, 4.69) is 19.2 Å². The molecule has 0 radical (unpaired) electrons. The zero-order valence-corrected chi connectivity index (χ0v) is 13.0. The highest BCUT2D eigenvalue weighted by Crippen LogP contribution is 2.39. The highest BCUT2D eigenvalue weighted by atomic mass is 32.2. The summed E-state index contributed by atoms with van der Waals surface area (Å²) in [7, 11) is -3.43. The third-order valence-corrected chi connectivity index (χ3v) is 5.70. The summed E-state index contributed by atoms with van der Waals surface area (Å²) in [5.74, 6) is 0.490. The number of thiophene rings is 1. The fraction of sp³-hybridized carbons (Fsp3) is 0.583. The molecule has 0 unspecified atom stereocenters. The zero-order valence-electron chi connectivity index (χ0n) is 11.4. The molecule has 106 valence electrons. The molecule has 0 amide bonds. The van der Waals surface area contributed by atoms with Crippen molar-refractivity contribution in [1.29, 1.82) is 5.26 Å². The summed E-state index contributed by atoms with van der Waals surface area (Å²) in [6.07, 6.45) is 0.922. The van der Waals surface area contributed by atoms with Crippen molar-refractivity contribution >= 4 is 31.9 Å². The van der Waals surface area contributed by atoms with Crippen LogP contribution < -0.4 is 11.1 Å². The lowest BCUT2D eigenvalue weighted by atomic mass is 10.1. The van der Waals surface area contributed by atoms with Crippen LogP contribution >= 0.6 is 11.3 Å². The molecule has 5 nitrogen and oxygen atoms in total. The van der Waals surface area contributed by atoms with E-state index in [9.17, 15) is 8.42 Å². The highest BCUT2D eigenvalue weighted by molar-refractivity contribution is 7.91. The number of hydrogen-bond acceptors (Lipinski definition) is 6. The Hall–Kier alpha value is -1.26. The Kier molecular flexibility index (Phi) is 5.20. The second kappa shape index (κ2) is 6.26. The molecule has 0 spiro atoms. The monoisotopic (exact) mass is 301 g/mol. The van der Waals surface area contributed by atoms with Crippen molar-refractivity contribution in [3.05, 3.63) is 4.88 Å². The molecule has 0 aromatic carbocycles. The SMILES string of the molecule is CCS(=O)(=O)c1c(NCCC(C)C)sc(C#N)c1N. The molecular weight excluding hydrogens is 282 g/mol. The van der Waals surface area contributed by atoms with Gasteiger partial charge in [0.05, 0.1) is 11.4 Å². The molecule has 3 N–H and O–H groups in total. The molecule has 1 rings (SSSR count). The van der Waals surface area contributed by atoms with Crippen LogP contribution in [0.4, 0.5) is 10.7 Å². The van der Waals surface area contributed by atoms with Crippen LogP contribution in [0.2, 0.25) is 0 Å². The van der Waals surface area contributed by atoms with Crippen LogP contribution in [0.15, 0.2) is 4.90 Å². The van der Waals surface area contributed by atoms with Gasteiger partial charge in [-0.3, -0.25) is 0 Å². The minimum absolute atomic E-state index is 0.0301. The Morgan fingerprint density at radius 1 is 1.47 bits per heavy atom. The molecule has 0 fully saturated rings. The zero-order chi connectivity index (χ0) is 14.6. The quantitative estimate of drug-likeness (QED) is 0.841. The molecule has 0 bridgehead atoms. The van der Waals surface area contributed by atoms with Gasteiger partial charge in [0.15, 0.2) is 9.84 Å². The Labute approximate surface area is 118 Å². The lowest BCUT2D eigenvalue weighted by Crippen LogP contribution is -2.10. The largest absolute Gasteiger partial charge is 0.396 e. The van der Waals surface area contributed by atoms with E-state index in [-0.39, 0.29) is 21.2 Å². The Morgan fingerprint density at radius 2 is 2.11 bits per heavy atom. The molecule has 0 aliphatic rings. The molecule has 0 saturated carbocycles. The molecule has 19 heavy (non-hydrogen) atoms. The van der Waals surface area contributed by atoms with E-state index in [1.54, 1.807) is 6.92 Å². The third kappa shape index (κ3) is 3.61. The van der Waals surface area contributed by atoms with E-state index >= 15 is 0 Å². The van der Waals surface area contributed by atoms with E-state index in [0.717, 1.165) is 17.8 Å². The Morgan fingerprint density at radius 3 is 2.58 bits per heavy atom. The molecule has 1 aromatic rings. The second-order valence-electron chi connectivity index (χ2n) is 4.63. The molecule has 0 atom stereocenters. The van der Waals surface area contributed by atoms with Crippen LogP contribution in [-0.2, 0) is 9.84 Å². The third-order valence-electron chi connectivity index (χ3n) is 2.70. The maximum atomic E-state index is 12.0. The van der Waals surface area contributed by atoms with Gasteiger partial charge in [-0.2, -0.15) is 5.26 Å². The highest BCUT2D eigenvalue weighted by Gasteiger charge is 2.25. The average Bonchev–Trinajstić information content (AvgIpc) is 2.66. The van der Waals surface area contributed by atoms with Crippen LogP contribution in [0.1, 0.15) is 32.1 Å². The molecular formula is C12H19N3O2S2. The van der Waals surface area contributed by atoms with Gasteiger partial charge < -0.3 is 11.1 Å². The Balaban J connectivity index is 3.14. The first-order chi connectivity index (χ1) is 8.83. The van der Waals surface area contributed by atoms with Crippen molar-refractivity contribution in [3.63, 3.8) is 0 Å². The molecule has 0 aliphatic carbocycles. The van der Waals surface area contributed by atoms with Crippen molar-refractivity contribution in [1.82, 2.24) is 0 Å². The van der Waals surface area contributed by atoms with E-state index in [4.69, 9.17) is 11.0 Å². The number of sulfone groups is 1. The molecule has 0 aliphatic heterocycles. The molecule has 1 aromatic heterocycles. The normalized spacial score (nSPS) is 11.5. The summed E-state index contributed by atoms with van der Waals surface area (Å²) >= 11 is 1.10. The van der Waals surface area contributed by atoms with Gasteiger partial charge in [0.25, 0.3) is 0 Å². The number of rotatable bonds is 6. The predicted molar refractivity (Wildman–Crippen MR) is 79.1 cm³/mol. The molecule has 7 heteroatoms. The summed E-state index contributed by atoms with van der Waals surface area (Å²) < 4.78 is 24.1. The van der Waals surface area contributed by atoms with Crippen molar-refractivity contribution in [3.8, 4) is 6.07 Å². The number of hydrogen-bond donors (Lipinski definition) is 2. The number of nitrogens with zero attached hydrogens (tertiary/aromatic N) is 1. The van der Waals surface area contributed by atoms with Gasteiger partial charge in [0.2, 0.25) is 0 Å². The van der Waals surface area contributed by atoms with Gasteiger partial charge in [0, 0.05) is 6.54 Å². The van der Waals surface area contributed by atoms with Crippen molar-refractivity contribution in [2.75, 3.05) is 23.3 Å². The van der Waals surface area contributed by atoms with Crippen molar-refractivity contribution in [2.45, 2.75) is 32.1 Å². The van der Waals surface area contributed by atoms with Gasteiger partial charge >= 0.3 is 0 Å². The van der Waals surface area contributed by atoms with E-state index in [0.29, 0.717) is 17.5 Å². The predicted octanol–water partition coefficient (Wildman–Crippen LogP) is 2.45. The summed E-state index contributed by atoms with van der Waals surface area (Å²) in [5, 5.41) is 12.5.